The lowest BCUT2D eigenvalue weighted by Gasteiger charge is -2.35. The molecule has 194 valence electrons. The lowest BCUT2D eigenvalue weighted by molar-refractivity contribution is 0.00732. The molecule has 11 heteroatoms. The van der Waals surface area contributed by atoms with Crippen LogP contribution in [0.1, 0.15) is 29.2 Å². The molecule has 0 spiro atoms. The second-order valence-electron chi connectivity index (χ2n) is 9.89. The Balaban J connectivity index is 1.45. The molecule has 1 saturated carbocycles. The first kappa shape index (κ1) is 23.8. The quantitative estimate of drug-likeness (QED) is 0.394. The van der Waals surface area contributed by atoms with E-state index in [2.05, 4.69) is 44.5 Å². The minimum atomic E-state index is -0.200. The van der Waals surface area contributed by atoms with E-state index in [1.165, 1.54) is 0 Å². The third-order valence-corrected chi connectivity index (χ3v) is 7.75. The molecule has 6 rings (SSSR count). The molecule has 4 atom stereocenters. The van der Waals surface area contributed by atoms with E-state index < -0.39 is 0 Å². The SMILES string of the molecule is CNc1cc(-c2cn([C@H]3CN(C)C[C@@H]3OC)c3ncccc23)nc2c(C(=O)N[C@H]3CC[C@@H]3OC)cnn12. The molecule has 1 aliphatic carbocycles. The number of amides is 1. The second-order valence-corrected chi connectivity index (χ2v) is 9.89. The van der Waals surface area contributed by atoms with E-state index in [0.29, 0.717) is 11.2 Å². The number of pyridine rings is 1. The molecule has 0 unspecified atom stereocenters. The molecule has 1 amide bonds. The van der Waals surface area contributed by atoms with E-state index >= 15 is 0 Å². The Labute approximate surface area is 214 Å². The lowest BCUT2D eigenvalue weighted by Crippen LogP contribution is -2.51. The summed E-state index contributed by atoms with van der Waals surface area (Å²) in [5.41, 5.74) is 3.49. The summed E-state index contributed by atoms with van der Waals surface area (Å²) in [6.45, 7) is 1.72. The Kier molecular flexibility index (Phi) is 6.06. The molecular formula is C26H32N8O3. The Morgan fingerprint density at radius 2 is 1.97 bits per heavy atom. The molecule has 2 fully saturated rings. The molecule has 4 aromatic rings. The maximum absolute atomic E-state index is 13.2. The highest BCUT2D eigenvalue weighted by atomic mass is 16.5. The fraction of sp³-hybridized carbons (Fsp3) is 0.462. The van der Waals surface area contributed by atoms with Gasteiger partial charge in [-0.3, -0.25) is 4.79 Å². The number of methoxy groups -OCH3 is 2. The molecule has 4 aromatic heterocycles. The standard InChI is InChI=1S/C26H32N8O3/c1-27-23-10-19(30-25-16(11-29-34(23)25)26(35)31-18-7-8-21(18)36-3)17-12-33(24-15(17)6-5-9-28-24)20-13-32(2)14-22(20)37-4/h5-6,9-12,18,20-22,27H,7-8,13-14H2,1-4H3,(H,31,35)/t18-,20-,21-,22-/m0/s1. The highest BCUT2D eigenvalue weighted by molar-refractivity contribution is 6.01. The number of carbonyl (C=O) groups is 1. The Morgan fingerprint density at radius 1 is 1.14 bits per heavy atom. The van der Waals surface area contributed by atoms with Crippen molar-refractivity contribution >= 4 is 28.4 Å². The topological polar surface area (TPSA) is 111 Å². The van der Waals surface area contributed by atoms with Crippen LogP contribution in [0.4, 0.5) is 5.82 Å². The third-order valence-electron chi connectivity index (χ3n) is 7.75. The van der Waals surface area contributed by atoms with Crippen LogP contribution in [0.3, 0.4) is 0 Å². The van der Waals surface area contributed by atoms with Crippen LogP contribution in [-0.4, -0.2) is 94.6 Å². The molecular weight excluding hydrogens is 472 g/mol. The third kappa shape index (κ3) is 3.94. The van der Waals surface area contributed by atoms with Crippen molar-refractivity contribution in [2.45, 2.75) is 37.1 Å². The number of ether oxygens (including phenoxy) is 2. The van der Waals surface area contributed by atoms with Crippen LogP contribution < -0.4 is 10.6 Å². The number of nitrogens with one attached hydrogen (secondary N) is 2. The monoisotopic (exact) mass is 504 g/mol. The van der Waals surface area contributed by atoms with Gasteiger partial charge in [-0.15, -0.1) is 0 Å². The number of hydrogen-bond donors (Lipinski definition) is 2. The summed E-state index contributed by atoms with van der Waals surface area (Å²) in [5.74, 6) is 0.534. The van der Waals surface area contributed by atoms with Gasteiger partial charge >= 0.3 is 0 Å². The molecule has 1 saturated heterocycles. The molecule has 0 radical (unpaired) electrons. The fourth-order valence-electron chi connectivity index (χ4n) is 5.58. The Bertz CT molecular complexity index is 1460. The first-order valence-electron chi connectivity index (χ1n) is 12.6. The molecule has 2 N–H and O–H groups in total. The summed E-state index contributed by atoms with van der Waals surface area (Å²) in [4.78, 5) is 25.2. The number of nitrogens with zero attached hydrogens (tertiary/aromatic N) is 6. The average molecular weight is 505 g/mol. The zero-order chi connectivity index (χ0) is 25.7. The Hall–Kier alpha value is -3.54. The van der Waals surface area contributed by atoms with Gasteiger partial charge in [-0.05, 0) is 32.0 Å². The smallest absolute Gasteiger partial charge is 0.257 e. The number of anilines is 1. The highest BCUT2D eigenvalue weighted by Crippen LogP contribution is 2.35. The Morgan fingerprint density at radius 3 is 2.70 bits per heavy atom. The van der Waals surface area contributed by atoms with Crippen LogP contribution in [-0.2, 0) is 9.47 Å². The number of fused-ring (bicyclic) bond motifs is 2. The number of rotatable bonds is 7. The van der Waals surface area contributed by atoms with E-state index in [9.17, 15) is 4.79 Å². The summed E-state index contributed by atoms with van der Waals surface area (Å²) >= 11 is 0. The number of aromatic nitrogens is 5. The summed E-state index contributed by atoms with van der Waals surface area (Å²) in [7, 11) is 7.37. The largest absolute Gasteiger partial charge is 0.379 e. The highest BCUT2D eigenvalue weighted by Gasteiger charge is 2.35. The van der Waals surface area contributed by atoms with Crippen molar-refractivity contribution in [3.63, 3.8) is 0 Å². The van der Waals surface area contributed by atoms with Crippen LogP contribution in [0.5, 0.6) is 0 Å². The summed E-state index contributed by atoms with van der Waals surface area (Å²) in [6, 6.07) is 6.08. The van der Waals surface area contributed by atoms with Gasteiger partial charge in [0.05, 0.1) is 36.2 Å². The maximum Gasteiger partial charge on any atom is 0.257 e. The van der Waals surface area contributed by atoms with Gasteiger partial charge in [0, 0.05) is 63.8 Å². The van der Waals surface area contributed by atoms with Crippen LogP contribution in [0.25, 0.3) is 27.9 Å². The van der Waals surface area contributed by atoms with Crippen molar-refractivity contribution in [2.75, 3.05) is 46.7 Å². The van der Waals surface area contributed by atoms with Gasteiger partial charge in [-0.2, -0.15) is 9.61 Å². The molecule has 1 aliphatic heterocycles. The maximum atomic E-state index is 13.2. The zero-order valence-electron chi connectivity index (χ0n) is 21.5. The molecule has 0 aromatic carbocycles. The predicted molar refractivity (Wildman–Crippen MR) is 140 cm³/mol. The van der Waals surface area contributed by atoms with Crippen molar-refractivity contribution in [1.29, 1.82) is 0 Å². The van der Waals surface area contributed by atoms with E-state index in [0.717, 1.165) is 54.0 Å². The van der Waals surface area contributed by atoms with Crippen LogP contribution in [0.15, 0.2) is 36.8 Å². The summed E-state index contributed by atoms with van der Waals surface area (Å²) < 4.78 is 15.1. The number of carbonyl (C=O) groups excluding carboxylic acids is 1. The van der Waals surface area contributed by atoms with Crippen molar-refractivity contribution < 1.29 is 14.3 Å². The number of hydrogen-bond acceptors (Lipinski definition) is 8. The first-order chi connectivity index (χ1) is 18.0. The van der Waals surface area contributed by atoms with Crippen molar-refractivity contribution in [1.82, 2.24) is 34.4 Å². The van der Waals surface area contributed by atoms with E-state index in [1.54, 1.807) is 24.9 Å². The normalized spacial score (nSPS) is 24.0. The van der Waals surface area contributed by atoms with E-state index in [4.69, 9.17) is 19.4 Å². The van der Waals surface area contributed by atoms with Crippen LogP contribution >= 0.6 is 0 Å². The van der Waals surface area contributed by atoms with Gasteiger partial charge in [0.1, 0.15) is 17.0 Å². The summed E-state index contributed by atoms with van der Waals surface area (Å²) in [5, 5.41) is 11.7. The molecule has 37 heavy (non-hydrogen) atoms. The molecule has 5 heterocycles. The molecule has 2 aliphatic rings. The lowest BCUT2D eigenvalue weighted by atomic mass is 9.89. The van der Waals surface area contributed by atoms with Crippen molar-refractivity contribution in [3.8, 4) is 11.3 Å². The predicted octanol–water partition coefficient (Wildman–Crippen LogP) is 2.20. The van der Waals surface area contributed by atoms with E-state index in [1.807, 2.05) is 25.4 Å². The zero-order valence-corrected chi connectivity index (χ0v) is 21.5. The molecule has 11 nitrogen and oxygen atoms in total. The number of likely N-dealkylation sites (tertiary alicyclic amines) is 1. The summed E-state index contributed by atoms with van der Waals surface area (Å²) in [6.07, 6.45) is 7.45. The minimum Gasteiger partial charge on any atom is -0.379 e. The van der Waals surface area contributed by atoms with Gasteiger partial charge in [0.15, 0.2) is 5.65 Å². The fourth-order valence-corrected chi connectivity index (χ4v) is 5.58. The van der Waals surface area contributed by atoms with Crippen molar-refractivity contribution in [2.24, 2.45) is 0 Å². The van der Waals surface area contributed by atoms with Gasteiger partial charge in [-0.25, -0.2) is 9.97 Å². The van der Waals surface area contributed by atoms with E-state index in [-0.39, 0.29) is 30.2 Å². The first-order valence-corrected chi connectivity index (χ1v) is 12.6. The molecule has 0 bridgehead atoms. The van der Waals surface area contributed by atoms with Crippen LogP contribution in [0, 0.1) is 0 Å². The van der Waals surface area contributed by atoms with Gasteiger partial charge in [0.25, 0.3) is 5.91 Å². The average Bonchev–Trinajstić information content (AvgIpc) is 3.60. The van der Waals surface area contributed by atoms with Gasteiger partial charge < -0.3 is 29.6 Å². The number of likely N-dealkylation sites (N-methyl/N-ethyl adjacent to an activating group) is 1. The van der Waals surface area contributed by atoms with Gasteiger partial charge in [-0.1, -0.05) is 0 Å². The second kappa shape index (κ2) is 9.40. The van der Waals surface area contributed by atoms with Crippen LogP contribution in [0.2, 0.25) is 0 Å². The minimum absolute atomic E-state index is 0.00160. The van der Waals surface area contributed by atoms with Gasteiger partial charge in [0.2, 0.25) is 0 Å². The van der Waals surface area contributed by atoms with Crippen molar-refractivity contribution in [3.05, 3.63) is 42.4 Å².